The van der Waals surface area contributed by atoms with Gasteiger partial charge in [-0.2, -0.15) is 4.98 Å². The van der Waals surface area contributed by atoms with Gasteiger partial charge in [0, 0.05) is 41.4 Å². The van der Waals surface area contributed by atoms with E-state index >= 15 is 0 Å². The smallest absolute Gasteiger partial charge is 0.255 e. The van der Waals surface area contributed by atoms with Crippen molar-refractivity contribution in [2.75, 3.05) is 18.4 Å². The molecule has 2 amide bonds. The Morgan fingerprint density at radius 3 is 2.29 bits per heavy atom. The maximum atomic E-state index is 13.0. The van der Waals surface area contributed by atoms with E-state index in [0.29, 0.717) is 41.6 Å². The molecule has 4 aromatic rings. The monoisotopic (exact) mass is 466 g/mol. The number of hydrogen-bond donors (Lipinski definition) is 1. The molecule has 0 aliphatic carbocycles. The van der Waals surface area contributed by atoms with Gasteiger partial charge in [-0.15, -0.1) is 0 Å². The summed E-state index contributed by atoms with van der Waals surface area (Å²) in [6.07, 6.45) is 1.54. The number of nitrogens with zero attached hydrogens (tertiary/aromatic N) is 3. The summed E-state index contributed by atoms with van der Waals surface area (Å²) in [5, 5.41) is 7.03. The molecule has 1 N–H and O–H groups in total. The van der Waals surface area contributed by atoms with Gasteiger partial charge in [-0.25, -0.2) is 0 Å². The molecule has 35 heavy (non-hydrogen) atoms. The molecular formula is C28H26N4O3. The lowest BCUT2D eigenvalue weighted by molar-refractivity contribution is 0.0704. The summed E-state index contributed by atoms with van der Waals surface area (Å²) in [4.78, 5) is 31.8. The van der Waals surface area contributed by atoms with Crippen molar-refractivity contribution in [1.29, 1.82) is 0 Å². The Bertz CT molecular complexity index is 1320. The Balaban J connectivity index is 1.17. The molecule has 2 heterocycles. The highest BCUT2D eigenvalue weighted by Gasteiger charge is 2.28. The third-order valence-corrected chi connectivity index (χ3v) is 6.38. The molecule has 3 aromatic carbocycles. The Morgan fingerprint density at radius 2 is 1.57 bits per heavy atom. The van der Waals surface area contributed by atoms with E-state index in [9.17, 15) is 9.59 Å². The van der Waals surface area contributed by atoms with Crippen LogP contribution in [0.25, 0.3) is 11.4 Å². The number of carbonyl (C=O) groups excluding carboxylic acids is 2. The number of rotatable bonds is 5. The number of aryl methyl sites for hydroxylation is 1. The number of aromatic nitrogens is 2. The van der Waals surface area contributed by atoms with E-state index in [1.807, 2.05) is 54.3 Å². The Morgan fingerprint density at radius 1 is 0.886 bits per heavy atom. The van der Waals surface area contributed by atoms with Crippen LogP contribution in [0.4, 0.5) is 5.69 Å². The summed E-state index contributed by atoms with van der Waals surface area (Å²) in [6, 6.07) is 24.0. The molecule has 0 saturated carbocycles. The number of amides is 2. The zero-order valence-electron chi connectivity index (χ0n) is 19.5. The predicted octanol–water partition coefficient (Wildman–Crippen LogP) is 5.32. The first-order valence-corrected chi connectivity index (χ1v) is 11.7. The van der Waals surface area contributed by atoms with Gasteiger partial charge in [-0.3, -0.25) is 9.59 Å². The first-order valence-electron chi connectivity index (χ1n) is 11.7. The third kappa shape index (κ3) is 4.99. The van der Waals surface area contributed by atoms with Crippen LogP contribution in [0.3, 0.4) is 0 Å². The number of hydrogen-bond acceptors (Lipinski definition) is 5. The molecule has 0 unspecified atom stereocenters. The van der Waals surface area contributed by atoms with Crippen molar-refractivity contribution < 1.29 is 14.1 Å². The highest BCUT2D eigenvalue weighted by atomic mass is 16.5. The number of piperidine rings is 1. The second kappa shape index (κ2) is 9.93. The van der Waals surface area contributed by atoms with Crippen LogP contribution in [-0.2, 0) is 0 Å². The molecule has 0 atom stereocenters. The van der Waals surface area contributed by atoms with E-state index in [4.69, 9.17) is 4.52 Å². The minimum atomic E-state index is -0.182. The molecule has 1 fully saturated rings. The summed E-state index contributed by atoms with van der Waals surface area (Å²) >= 11 is 0. The fraction of sp³-hybridized carbons (Fsp3) is 0.214. The molecule has 1 aliphatic heterocycles. The van der Waals surface area contributed by atoms with E-state index < -0.39 is 0 Å². The molecule has 7 heteroatoms. The van der Waals surface area contributed by atoms with Crippen molar-refractivity contribution in [2.45, 2.75) is 25.7 Å². The van der Waals surface area contributed by atoms with Gasteiger partial charge in [-0.1, -0.05) is 47.6 Å². The number of benzene rings is 3. The first-order chi connectivity index (χ1) is 17.1. The normalized spacial score (nSPS) is 14.0. The van der Waals surface area contributed by atoms with Gasteiger partial charge >= 0.3 is 0 Å². The van der Waals surface area contributed by atoms with Crippen LogP contribution in [0.15, 0.2) is 83.4 Å². The van der Waals surface area contributed by atoms with Crippen LogP contribution >= 0.6 is 0 Å². The lowest BCUT2D eigenvalue weighted by Gasteiger charge is -2.30. The van der Waals surface area contributed by atoms with Gasteiger partial charge in [-0.05, 0) is 61.7 Å². The largest absolute Gasteiger partial charge is 0.339 e. The average molecular weight is 467 g/mol. The summed E-state index contributed by atoms with van der Waals surface area (Å²) in [5.74, 6) is 1.18. The number of anilines is 1. The van der Waals surface area contributed by atoms with Crippen molar-refractivity contribution in [1.82, 2.24) is 15.0 Å². The van der Waals surface area contributed by atoms with E-state index in [1.54, 1.807) is 36.4 Å². The molecule has 0 radical (unpaired) electrons. The fourth-order valence-electron chi connectivity index (χ4n) is 4.34. The zero-order chi connectivity index (χ0) is 24.2. The molecule has 0 spiro atoms. The second-order valence-corrected chi connectivity index (χ2v) is 8.74. The van der Waals surface area contributed by atoms with Crippen molar-refractivity contribution in [3.05, 3.63) is 101 Å². The van der Waals surface area contributed by atoms with Gasteiger partial charge in [0.1, 0.15) is 0 Å². The van der Waals surface area contributed by atoms with E-state index in [2.05, 4.69) is 15.5 Å². The van der Waals surface area contributed by atoms with Crippen molar-refractivity contribution in [3.63, 3.8) is 0 Å². The predicted molar refractivity (Wildman–Crippen MR) is 133 cm³/mol. The molecule has 7 nitrogen and oxygen atoms in total. The number of nitrogens with one attached hydrogen (secondary N) is 1. The molecule has 1 saturated heterocycles. The second-order valence-electron chi connectivity index (χ2n) is 8.74. The van der Waals surface area contributed by atoms with Crippen LogP contribution in [0.1, 0.15) is 50.9 Å². The Kier molecular flexibility index (Phi) is 6.39. The first kappa shape index (κ1) is 22.5. The molecule has 1 aromatic heterocycles. The van der Waals surface area contributed by atoms with Crippen LogP contribution < -0.4 is 5.32 Å². The summed E-state index contributed by atoms with van der Waals surface area (Å²) in [6.45, 7) is 3.27. The van der Waals surface area contributed by atoms with Crippen LogP contribution in [0.5, 0.6) is 0 Å². The Hall–Kier alpha value is -4.26. The van der Waals surface area contributed by atoms with E-state index in [1.165, 1.54) is 0 Å². The topological polar surface area (TPSA) is 88.3 Å². The molecule has 0 bridgehead atoms. The Labute approximate surface area is 203 Å². The number of carbonyl (C=O) groups is 2. The van der Waals surface area contributed by atoms with Crippen molar-refractivity contribution in [2.24, 2.45) is 0 Å². The van der Waals surface area contributed by atoms with Crippen LogP contribution in [0, 0.1) is 6.92 Å². The van der Waals surface area contributed by atoms with Crippen molar-refractivity contribution in [3.8, 4) is 11.4 Å². The summed E-state index contributed by atoms with van der Waals surface area (Å²) < 4.78 is 5.57. The lowest BCUT2D eigenvalue weighted by atomic mass is 9.96. The summed E-state index contributed by atoms with van der Waals surface area (Å²) in [5.41, 5.74) is 3.91. The standard InChI is InChI=1S/C28H26N4O3/c1-19-7-5-6-10-24(19)25-30-27(35-31-25)21-15-17-32(18-16-21)28(34)22-11-13-23(14-12-22)29-26(33)20-8-3-2-4-9-20/h2-14,21H,15-18H2,1H3,(H,29,33). The SMILES string of the molecule is Cc1ccccc1-c1noc(C2CCN(C(=O)c3ccc(NC(=O)c4ccccc4)cc3)CC2)n1. The lowest BCUT2D eigenvalue weighted by Crippen LogP contribution is -2.38. The molecule has 176 valence electrons. The maximum absolute atomic E-state index is 13.0. The van der Waals surface area contributed by atoms with E-state index in [-0.39, 0.29) is 17.7 Å². The average Bonchev–Trinajstić information content (AvgIpc) is 3.40. The van der Waals surface area contributed by atoms with Gasteiger partial charge in [0.25, 0.3) is 11.8 Å². The minimum absolute atomic E-state index is 0.0180. The highest BCUT2D eigenvalue weighted by molar-refractivity contribution is 6.04. The van der Waals surface area contributed by atoms with Crippen LogP contribution in [0.2, 0.25) is 0 Å². The third-order valence-electron chi connectivity index (χ3n) is 6.38. The highest BCUT2D eigenvalue weighted by Crippen LogP contribution is 2.30. The molecule has 1 aliphatic rings. The summed E-state index contributed by atoms with van der Waals surface area (Å²) in [7, 11) is 0. The van der Waals surface area contributed by atoms with Crippen LogP contribution in [-0.4, -0.2) is 39.9 Å². The van der Waals surface area contributed by atoms with Crippen molar-refractivity contribution >= 4 is 17.5 Å². The quantitative estimate of drug-likeness (QED) is 0.430. The maximum Gasteiger partial charge on any atom is 0.255 e. The van der Waals surface area contributed by atoms with Gasteiger partial charge < -0.3 is 14.7 Å². The molecular weight excluding hydrogens is 440 g/mol. The minimum Gasteiger partial charge on any atom is -0.339 e. The van der Waals surface area contributed by atoms with Gasteiger partial charge in [0.15, 0.2) is 0 Å². The zero-order valence-corrected chi connectivity index (χ0v) is 19.5. The fourth-order valence-corrected chi connectivity index (χ4v) is 4.34. The number of likely N-dealkylation sites (tertiary alicyclic amines) is 1. The van der Waals surface area contributed by atoms with Gasteiger partial charge in [0.05, 0.1) is 0 Å². The molecule has 5 rings (SSSR count). The van der Waals surface area contributed by atoms with Gasteiger partial charge in [0.2, 0.25) is 11.7 Å². The van der Waals surface area contributed by atoms with E-state index in [0.717, 1.165) is 24.0 Å².